The molecule has 0 fully saturated rings. The lowest BCUT2D eigenvalue weighted by atomic mass is 10.2. The van der Waals surface area contributed by atoms with Gasteiger partial charge in [-0.2, -0.15) is 5.10 Å². The predicted molar refractivity (Wildman–Crippen MR) is 111 cm³/mol. The highest BCUT2D eigenvalue weighted by atomic mass is 32.1. The lowest BCUT2D eigenvalue weighted by Gasteiger charge is -2.09. The standard InChI is InChI=1S/C21H20FN3O3S/c1-3-28-18-9-4-14(10-19(18)27-2)12-23-25-20(26)11-17-13-29-21(24-17)15-5-7-16(22)8-6-15/h4-10,12-13H,3,11H2,1-2H3,(H,25,26)/b23-12-. The number of aromatic nitrogens is 1. The van der Waals surface area contributed by atoms with Gasteiger partial charge in [0, 0.05) is 10.9 Å². The third-order valence-electron chi connectivity index (χ3n) is 3.87. The summed E-state index contributed by atoms with van der Waals surface area (Å²) < 4.78 is 23.8. The van der Waals surface area contributed by atoms with Crippen LogP contribution in [0.3, 0.4) is 0 Å². The van der Waals surface area contributed by atoms with Crippen molar-refractivity contribution in [3.63, 3.8) is 0 Å². The summed E-state index contributed by atoms with van der Waals surface area (Å²) in [6.45, 7) is 2.44. The SMILES string of the molecule is CCOc1ccc(/C=N\NC(=O)Cc2csc(-c3ccc(F)cc3)n2)cc1OC. The van der Waals surface area contributed by atoms with Crippen molar-refractivity contribution in [3.05, 3.63) is 64.9 Å². The maximum atomic E-state index is 13.0. The number of nitrogens with zero attached hydrogens (tertiary/aromatic N) is 2. The number of amides is 1. The predicted octanol–water partition coefficient (Wildman–Crippen LogP) is 4.05. The Balaban J connectivity index is 1.57. The van der Waals surface area contributed by atoms with Crippen LogP contribution in [0.1, 0.15) is 18.2 Å². The van der Waals surface area contributed by atoms with Gasteiger partial charge in [0.1, 0.15) is 10.8 Å². The van der Waals surface area contributed by atoms with Gasteiger partial charge < -0.3 is 9.47 Å². The molecule has 29 heavy (non-hydrogen) atoms. The molecule has 1 N–H and O–H groups in total. The summed E-state index contributed by atoms with van der Waals surface area (Å²) in [5, 5.41) is 6.52. The van der Waals surface area contributed by atoms with E-state index < -0.39 is 0 Å². The first-order chi connectivity index (χ1) is 14.1. The van der Waals surface area contributed by atoms with Crippen LogP contribution in [0.5, 0.6) is 11.5 Å². The second-order valence-electron chi connectivity index (χ2n) is 5.96. The van der Waals surface area contributed by atoms with Gasteiger partial charge >= 0.3 is 0 Å². The number of benzene rings is 2. The molecule has 0 atom stereocenters. The zero-order valence-electron chi connectivity index (χ0n) is 16.0. The smallest absolute Gasteiger partial charge is 0.246 e. The first-order valence-corrected chi connectivity index (χ1v) is 9.80. The third kappa shape index (κ3) is 5.61. The summed E-state index contributed by atoms with van der Waals surface area (Å²) in [7, 11) is 1.56. The van der Waals surface area contributed by atoms with Crippen molar-refractivity contribution >= 4 is 23.5 Å². The first-order valence-electron chi connectivity index (χ1n) is 8.92. The van der Waals surface area contributed by atoms with Crippen molar-refractivity contribution in [2.75, 3.05) is 13.7 Å². The Morgan fingerprint density at radius 3 is 2.76 bits per heavy atom. The molecule has 0 aliphatic rings. The van der Waals surface area contributed by atoms with Gasteiger partial charge in [-0.1, -0.05) is 0 Å². The van der Waals surface area contributed by atoms with E-state index in [-0.39, 0.29) is 18.1 Å². The summed E-state index contributed by atoms with van der Waals surface area (Å²) >= 11 is 1.40. The molecule has 0 bridgehead atoms. The summed E-state index contributed by atoms with van der Waals surface area (Å²) in [5.74, 6) is 0.664. The lowest BCUT2D eigenvalue weighted by molar-refractivity contribution is -0.120. The fourth-order valence-corrected chi connectivity index (χ4v) is 3.36. The van der Waals surface area contributed by atoms with E-state index in [2.05, 4.69) is 15.5 Å². The topological polar surface area (TPSA) is 72.8 Å². The van der Waals surface area contributed by atoms with Crippen LogP contribution in [0.15, 0.2) is 52.9 Å². The van der Waals surface area contributed by atoms with Gasteiger partial charge in [-0.15, -0.1) is 11.3 Å². The fourth-order valence-electron chi connectivity index (χ4n) is 2.54. The van der Waals surface area contributed by atoms with Crippen LogP contribution >= 0.6 is 11.3 Å². The van der Waals surface area contributed by atoms with Gasteiger partial charge in [-0.05, 0) is 55.0 Å². The molecule has 150 valence electrons. The molecular formula is C21H20FN3O3S. The number of hydrazone groups is 1. The number of nitrogens with one attached hydrogen (secondary N) is 1. The number of hydrogen-bond donors (Lipinski definition) is 1. The van der Waals surface area contributed by atoms with Crippen LogP contribution in [0.25, 0.3) is 10.6 Å². The first kappa shape index (κ1) is 20.5. The van der Waals surface area contributed by atoms with Crippen LogP contribution in [0, 0.1) is 5.82 Å². The van der Waals surface area contributed by atoms with E-state index in [4.69, 9.17) is 9.47 Å². The summed E-state index contributed by atoms with van der Waals surface area (Å²) in [5.41, 5.74) is 4.69. The molecule has 0 saturated carbocycles. The molecule has 0 aliphatic carbocycles. The summed E-state index contributed by atoms with van der Waals surface area (Å²) in [6.07, 6.45) is 1.63. The number of carbonyl (C=O) groups excluding carboxylic acids is 1. The minimum atomic E-state index is -0.298. The van der Waals surface area contributed by atoms with Gasteiger partial charge in [0.05, 0.1) is 32.0 Å². The minimum Gasteiger partial charge on any atom is -0.493 e. The van der Waals surface area contributed by atoms with Crippen LogP contribution < -0.4 is 14.9 Å². The Kier molecular flexibility index (Phi) is 6.91. The number of halogens is 1. The molecule has 1 amide bonds. The van der Waals surface area contributed by atoms with Crippen LogP contribution in [0.2, 0.25) is 0 Å². The van der Waals surface area contributed by atoms with Gasteiger partial charge in [-0.25, -0.2) is 14.8 Å². The van der Waals surface area contributed by atoms with Gasteiger partial charge in [-0.3, -0.25) is 4.79 Å². The van der Waals surface area contributed by atoms with Crippen molar-refractivity contribution in [3.8, 4) is 22.1 Å². The maximum Gasteiger partial charge on any atom is 0.246 e. The number of methoxy groups -OCH3 is 1. The molecule has 3 aromatic rings. The van der Waals surface area contributed by atoms with Crippen LogP contribution in [-0.4, -0.2) is 30.8 Å². The molecule has 2 aromatic carbocycles. The second-order valence-corrected chi connectivity index (χ2v) is 6.82. The Hall–Kier alpha value is -3.26. The molecule has 0 unspecified atom stereocenters. The molecule has 8 heteroatoms. The number of carbonyl (C=O) groups is 1. The molecule has 1 heterocycles. The molecule has 0 spiro atoms. The van der Waals surface area contributed by atoms with Gasteiger partial charge in [0.25, 0.3) is 0 Å². The van der Waals surface area contributed by atoms with Crippen molar-refractivity contribution in [2.45, 2.75) is 13.3 Å². The minimum absolute atomic E-state index is 0.0988. The molecule has 6 nitrogen and oxygen atoms in total. The zero-order valence-corrected chi connectivity index (χ0v) is 16.8. The lowest BCUT2D eigenvalue weighted by Crippen LogP contribution is -2.19. The number of thiazole rings is 1. The molecule has 0 aliphatic heterocycles. The Labute approximate surface area is 172 Å². The average molecular weight is 413 g/mol. The quantitative estimate of drug-likeness (QED) is 0.447. The van der Waals surface area contributed by atoms with E-state index in [1.807, 2.05) is 13.0 Å². The number of hydrogen-bond acceptors (Lipinski definition) is 6. The van der Waals surface area contributed by atoms with Gasteiger partial charge in [0.2, 0.25) is 5.91 Å². The van der Waals surface area contributed by atoms with E-state index >= 15 is 0 Å². The van der Waals surface area contributed by atoms with E-state index in [1.54, 1.807) is 36.8 Å². The van der Waals surface area contributed by atoms with Crippen molar-refractivity contribution in [2.24, 2.45) is 5.10 Å². The molecule has 0 saturated heterocycles. The van der Waals surface area contributed by atoms with Crippen molar-refractivity contribution < 1.29 is 18.7 Å². The monoisotopic (exact) mass is 413 g/mol. The van der Waals surface area contributed by atoms with E-state index in [1.165, 1.54) is 29.7 Å². The second kappa shape index (κ2) is 9.79. The third-order valence-corrected chi connectivity index (χ3v) is 4.82. The number of rotatable bonds is 8. The summed E-state index contributed by atoms with van der Waals surface area (Å²) in [4.78, 5) is 16.5. The molecular weight excluding hydrogens is 393 g/mol. The largest absolute Gasteiger partial charge is 0.493 e. The fraction of sp³-hybridized carbons (Fsp3) is 0.190. The van der Waals surface area contributed by atoms with E-state index in [9.17, 15) is 9.18 Å². The molecule has 0 radical (unpaired) electrons. The van der Waals surface area contributed by atoms with Gasteiger partial charge in [0.15, 0.2) is 11.5 Å². The normalized spacial score (nSPS) is 10.9. The molecule has 3 rings (SSSR count). The summed E-state index contributed by atoms with van der Waals surface area (Å²) in [6, 6.07) is 11.5. The Morgan fingerprint density at radius 2 is 2.03 bits per heavy atom. The van der Waals surface area contributed by atoms with Crippen molar-refractivity contribution in [1.29, 1.82) is 0 Å². The highest BCUT2D eigenvalue weighted by Crippen LogP contribution is 2.27. The number of ether oxygens (including phenoxy) is 2. The Bertz CT molecular complexity index is 1000. The molecule has 1 aromatic heterocycles. The van der Waals surface area contributed by atoms with Crippen molar-refractivity contribution in [1.82, 2.24) is 10.4 Å². The van der Waals surface area contributed by atoms with E-state index in [0.717, 1.165) is 16.1 Å². The van der Waals surface area contributed by atoms with Crippen LogP contribution in [-0.2, 0) is 11.2 Å². The Morgan fingerprint density at radius 1 is 1.24 bits per heavy atom. The highest BCUT2D eigenvalue weighted by Gasteiger charge is 2.09. The maximum absolute atomic E-state index is 13.0. The highest BCUT2D eigenvalue weighted by molar-refractivity contribution is 7.13. The zero-order chi connectivity index (χ0) is 20.6. The van der Waals surface area contributed by atoms with E-state index in [0.29, 0.717) is 23.8 Å². The average Bonchev–Trinajstić information content (AvgIpc) is 3.18. The van der Waals surface area contributed by atoms with Crippen LogP contribution in [0.4, 0.5) is 4.39 Å².